The highest BCUT2D eigenvalue weighted by Crippen LogP contribution is 2.39. The Morgan fingerprint density at radius 3 is 1.46 bits per heavy atom. The van der Waals surface area contributed by atoms with E-state index in [9.17, 15) is 0 Å². The number of hydrogen-bond donors (Lipinski definition) is 0. The predicted molar refractivity (Wildman–Crippen MR) is 235 cm³/mol. The molecule has 0 saturated heterocycles. The van der Waals surface area contributed by atoms with Crippen molar-refractivity contribution in [3.8, 4) is 45.3 Å². The number of para-hydroxylation sites is 3. The van der Waals surface area contributed by atoms with Crippen LogP contribution in [-0.2, 0) is 0 Å². The van der Waals surface area contributed by atoms with Crippen molar-refractivity contribution in [1.29, 1.82) is 0 Å². The molecule has 0 saturated carbocycles. The number of fused-ring (bicyclic) bond motifs is 14. The molecule has 264 valence electrons. The first-order chi connectivity index (χ1) is 28.2. The maximum absolute atomic E-state index is 5.20. The average Bonchev–Trinajstić information content (AvgIpc) is 3.69. The Kier molecular flexibility index (Phi) is 6.86. The second-order valence-electron chi connectivity index (χ2n) is 14.6. The highest BCUT2D eigenvalue weighted by molar-refractivity contribution is 6.25. The molecule has 0 spiro atoms. The number of aromatic nitrogens is 5. The lowest BCUT2D eigenvalue weighted by molar-refractivity contribution is 1.07. The molecule has 0 bridgehead atoms. The smallest absolute Gasteiger partial charge is 0.164 e. The molecule has 3 aromatic heterocycles. The maximum Gasteiger partial charge on any atom is 0.164 e. The zero-order chi connectivity index (χ0) is 37.5. The summed E-state index contributed by atoms with van der Waals surface area (Å²) in [6, 6.07) is 66.3. The number of benzene rings is 9. The van der Waals surface area contributed by atoms with Gasteiger partial charge in [0, 0.05) is 27.5 Å². The summed E-state index contributed by atoms with van der Waals surface area (Å²) in [5, 5.41) is 10.9. The highest BCUT2D eigenvalue weighted by Gasteiger charge is 2.18. The van der Waals surface area contributed by atoms with Crippen LogP contribution in [0.25, 0.3) is 116 Å². The zero-order valence-corrected chi connectivity index (χ0v) is 30.6. The van der Waals surface area contributed by atoms with E-state index in [0.29, 0.717) is 17.5 Å². The van der Waals surface area contributed by atoms with Crippen LogP contribution in [0.3, 0.4) is 0 Å². The molecule has 0 atom stereocenters. The highest BCUT2D eigenvalue weighted by atomic mass is 15.0. The van der Waals surface area contributed by atoms with Crippen LogP contribution in [0.1, 0.15) is 0 Å². The summed E-state index contributed by atoms with van der Waals surface area (Å²) in [7, 11) is 0. The van der Waals surface area contributed by atoms with E-state index >= 15 is 0 Å². The fourth-order valence-electron chi connectivity index (χ4n) is 8.72. The zero-order valence-electron chi connectivity index (χ0n) is 30.6. The number of rotatable bonds is 4. The second kappa shape index (κ2) is 12.4. The first kappa shape index (κ1) is 31.6. The minimum atomic E-state index is 0.618. The minimum absolute atomic E-state index is 0.618. The monoisotopic (exact) mass is 725 g/mol. The Morgan fingerprint density at radius 2 is 0.719 bits per heavy atom. The van der Waals surface area contributed by atoms with Crippen molar-refractivity contribution in [3.05, 3.63) is 188 Å². The topological polar surface area (TPSA) is 56.0 Å². The second-order valence-corrected chi connectivity index (χ2v) is 14.6. The van der Waals surface area contributed by atoms with E-state index in [2.05, 4.69) is 168 Å². The molecule has 12 rings (SSSR count). The molecule has 0 unspecified atom stereocenters. The molecular weight excluding hydrogens is 695 g/mol. The van der Waals surface area contributed by atoms with E-state index in [0.717, 1.165) is 66.2 Å². The quantitative estimate of drug-likeness (QED) is 0.170. The summed E-state index contributed by atoms with van der Waals surface area (Å²) >= 11 is 0. The van der Waals surface area contributed by atoms with Crippen molar-refractivity contribution in [3.63, 3.8) is 0 Å². The molecule has 3 heterocycles. The Labute approximate surface area is 327 Å². The van der Waals surface area contributed by atoms with Crippen LogP contribution >= 0.6 is 0 Å². The van der Waals surface area contributed by atoms with Crippen molar-refractivity contribution in [2.75, 3.05) is 0 Å². The molecule has 0 aliphatic carbocycles. The Hall–Kier alpha value is -7.76. The van der Waals surface area contributed by atoms with Crippen molar-refractivity contribution in [2.45, 2.75) is 0 Å². The summed E-state index contributed by atoms with van der Waals surface area (Å²) in [6.07, 6.45) is 0. The standard InChI is InChI=1S/C52H31N5/c1-2-13-32(14-3-1)49-54-50(35-16-12-15-33(29-35)34-25-27-41-39-19-5-4-17-37(39)38-18-6-7-20-40(38)44(41)30-34)56-51(55-49)36-26-28-43-45(31-36)42-21-8-10-23-47(42)57-48-24-11-9-22-46(48)53-52(43)57/h1-31H. The Balaban J connectivity index is 1.04. The van der Waals surface area contributed by atoms with Crippen LogP contribution in [-0.4, -0.2) is 24.3 Å². The Bertz CT molecular complexity index is 3550. The van der Waals surface area contributed by atoms with E-state index in [-0.39, 0.29) is 0 Å². The first-order valence-corrected chi connectivity index (χ1v) is 19.2. The molecule has 0 fully saturated rings. The summed E-state index contributed by atoms with van der Waals surface area (Å²) in [4.78, 5) is 20.5. The molecular formula is C52H31N5. The normalized spacial score (nSPS) is 11.9. The largest absolute Gasteiger partial charge is 0.292 e. The third kappa shape index (κ3) is 4.96. The predicted octanol–water partition coefficient (Wildman–Crippen LogP) is 13.1. The van der Waals surface area contributed by atoms with Gasteiger partial charge in [-0.2, -0.15) is 0 Å². The molecule has 5 nitrogen and oxygen atoms in total. The molecule has 0 aliphatic rings. The molecule has 57 heavy (non-hydrogen) atoms. The number of pyridine rings is 1. The average molecular weight is 726 g/mol. The number of hydrogen-bond acceptors (Lipinski definition) is 4. The van der Waals surface area contributed by atoms with Gasteiger partial charge in [0.2, 0.25) is 0 Å². The van der Waals surface area contributed by atoms with Gasteiger partial charge in [-0.05, 0) is 91.3 Å². The van der Waals surface area contributed by atoms with Gasteiger partial charge in [-0.1, -0.05) is 146 Å². The lowest BCUT2D eigenvalue weighted by atomic mass is 9.92. The van der Waals surface area contributed by atoms with Gasteiger partial charge in [-0.15, -0.1) is 0 Å². The van der Waals surface area contributed by atoms with Gasteiger partial charge in [-0.25, -0.2) is 19.9 Å². The molecule has 0 amide bonds. The van der Waals surface area contributed by atoms with E-state index in [1.807, 2.05) is 24.3 Å². The van der Waals surface area contributed by atoms with Gasteiger partial charge in [0.05, 0.1) is 16.6 Å². The number of nitrogens with zero attached hydrogens (tertiary/aromatic N) is 5. The van der Waals surface area contributed by atoms with E-state index in [1.54, 1.807) is 0 Å². The van der Waals surface area contributed by atoms with Gasteiger partial charge in [-0.3, -0.25) is 4.40 Å². The minimum Gasteiger partial charge on any atom is -0.292 e. The van der Waals surface area contributed by atoms with E-state index in [4.69, 9.17) is 19.9 Å². The van der Waals surface area contributed by atoms with Crippen molar-refractivity contribution >= 4 is 70.7 Å². The first-order valence-electron chi connectivity index (χ1n) is 19.2. The van der Waals surface area contributed by atoms with E-state index in [1.165, 1.54) is 32.3 Å². The lowest BCUT2D eigenvalue weighted by Crippen LogP contribution is -2.00. The Morgan fingerprint density at radius 1 is 0.263 bits per heavy atom. The molecule has 0 N–H and O–H groups in total. The summed E-state index contributed by atoms with van der Waals surface area (Å²) in [6.45, 7) is 0. The van der Waals surface area contributed by atoms with Crippen LogP contribution in [0.4, 0.5) is 0 Å². The summed E-state index contributed by atoms with van der Waals surface area (Å²) < 4.78 is 2.27. The van der Waals surface area contributed by atoms with Crippen LogP contribution in [0.2, 0.25) is 0 Å². The summed E-state index contributed by atoms with van der Waals surface area (Å²) in [5.74, 6) is 1.87. The van der Waals surface area contributed by atoms with Gasteiger partial charge in [0.25, 0.3) is 0 Å². The van der Waals surface area contributed by atoms with Crippen LogP contribution in [0, 0.1) is 0 Å². The molecule has 12 aromatic rings. The van der Waals surface area contributed by atoms with E-state index < -0.39 is 0 Å². The van der Waals surface area contributed by atoms with Gasteiger partial charge in [0.15, 0.2) is 17.5 Å². The maximum atomic E-state index is 5.20. The van der Waals surface area contributed by atoms with Crippen molar-refractivity contribution < 1.29 is 0 Å². The third-order valence-corrected chi connectivity index (χ3v) is 11.4. The fraction of sp³-hybridized carbons (Fsp3) is 0. The molecule has 0 aliphatic heterocycles. The fourth-order valence-corrected chi connectivity index (χ4v) is 8.72. The summed E-state index contributed by atoms with van der Waals surface area (Å²) in [5.41, 5.74) is 9.13. The van der Waals surface area contributed by atoms with Crippen LogP contribution in [0.15, 0.2) is 188 Å². The van der Waals surface area contributed by atoms with Gasteiger partial charge in [0.1, 0.15) is 5.65 Å². The van der Waals surface area contributed by atoms with Crippen molar-refractivity contribution in [1.82, 2.24) is 24.3 Å². The molecule has 0 radical (unpaired) electrons. The lowest BCUT2D eigenvalue weighted by Gasteiger charge is -2.13. The van der Waals surface area contributed by atoms with Crippen LogP contribution < -0.4 is 0 Å². The van der Waals surface area contributed by atoms with Gasteiger partial charge >= 0.3 is 0 Å². The molecule has 5 heteroatoms. The van der Waals surface area contributed by atoms with Crippen LogP contribution in [0.5, 0.6) is 0 Å². The van der Waals surface area contributed by atoms with Crippen molar-refractivity contribution in [2.24, 2.45) is 0 Å². The third-order valence-electron chi connectivity index (χ3n) is 11.4. The SMILES string of the molecule is c1ccc(-c2nc(-c3cccc(-c4ccc5c6ccccc6c6ccccc6c5c4)c3)nc(-c3ccc4c(c3)c3ccccc3n3c5ccccc5nc43)n2)cc1. The van der Waals surface area contributed by atoms with Gasteiger partial charge < -0.3 is 0 Å². The number of imidazole rings is 1. The molecule has 9 aromatic carbocycles.